The number of rotatable bonds is 3. The predicted octanol–water partition coefficient (Wildman–Crippen LogP) is 4.13. The zero-order valence-electron chi connectivity index (χ0n) is 15.5. The van der Waals surface area contributed by atoms with Gasteiger partial charge in [0.25, 0.3) is 0 Å². The molecule has 0 unspecified atom stereocenters. The van der Waals surface area contributed by atoms with Crippen molar-refractivity contribution in [2.24, 2.45) is 35.5 Å². The highest BCUT2D eigenvalue weighted by molar-refractivity contribution is 6.32. The molecule has 0 spiro atoms. The second-order valence-electron chi connectivity index (χ2n) is 8.52. The lowest BCUT2D eigenvalue weighted by molar-refractivity contribution is -0.124. The van der Waals surface area contributed by atoms with Crippen LogP contribution in [0.15, 0.2) is 60.7 Å². The molecule has 6 atom stereocenters. The number of benzene rings is 2. The van der Waals surface area contributed by atoms with Crippen molar-refractivity contribution in [2.75, 3.05) is 4.90 Å². The number of carbonyl (C=O) groups is 3. The van der Waals surface area contributed by atoms with Gasteiger partial charge in [0.2, 0.25) is 11.8 Å². The molecule has 2 aromatic carbocycles. The maximum Gasteiger partial charge on any atom is 0.238 e. The minimum absolute atomic E-state index is 0.150. The summed E-state index contributed by atoms with van der Waals surface area (Å²) in [6.07, 6.45) is 5.41. The smallest absolute Gasteiger partial charge is 0.238 e. The highest BCUT2D eigenvalue weighted by Crippen LogP contribution is 2.65. The first-order valence-electron chi connectivity index (χ1n) is 10.0. The first-order chi connectivity index (χ1) is 14.1. The fourth-order valence-electron chi connectivity index (χ4n) is 5.82. The third kappa shape index (κ3) is 2.29. The summed E-state index contributed by atoms with van der Waals surface area (Å²) in [5, 5.41) is 0.396. The monoisotopic (exact) mass is 403 g/mol. The Morgan fingerprint density at radius 3 is 2.14 bits per heavy atom. The van der Waals surface area contributed by atoms with E-state index in [-0.39, 0.29) is 46.8 Å². The van der Waals surface area contributed by atoms with E-state index >= 15 is 0 Å². The standard InChI is InChI=1S/C24H18ClNO3/c25-13-6-9-19(18(10-13)22(27)12-4-2-1-3-5-12)26-23(28)20-14-7-8-15(17-11-16(14)17)21(20)24(26)29/h1-10,14-17,20-21H,11H2/t14-,15-,16-,17+,20+,21-/m1/s1. The van der Waals surface area contributed by atoms with E-state index in [4.69, 9.17) is 11.6 Å². The van der Waals surface area contributed by atoms with Gasteiger partial charge in [-0.05, 0) is 48.3 Å². The Morgan fingerprint density at radius 1 is 0.897 bits per heavy atom. The first-order valence-corrected chi connectivity index (χ1v) is 10.4. The summed E-state index contributed by atoms with van der Waals surface area (Å²) in [4.78, 5) is 41.3. The van der Waals surface area contributed by atoms with Crippen LogP contribution in [0.25, 0.3) is 0 Å². The maximum atomic E-state index is 13.4. The van der Waals surface area contributed by atoms with Crippen LogP contribution in [-0.4, -0.2) is 17.6 Å². The van der Waals surface area contributed by atoms with Crippen molar-refractivity contribution in [3.8, 4) is 0 Å². The van der Waals surface area contributed by atoms with Crippen LogP contribution in [0.4, 0.5) is 5.69 Å². The highest BCUT2D eigenvalue weighted by atomic mass is 35.5. The molecule has 1 aliphatic heterocycles. The summed E-state index contributed by atoms with van der Waals surface area (Å²) in [5.41, 5.74) is 1.13. The van der Waals surface area contributed by atoms with E-state index < -0.39 is 0 Å². The minimum atomic E-state index is -0.295. The van der Waals surface area contributed by atoms with Crippen molar-refractivity contribution in [1.82, 2.24) is 0 Å². The summed E-state index contributed by atoms with van der Waals surface area (Å²) in [6, 6.07) is 13.7. The van der Waals surface area contributed by atoms with Crippen LogP contribution in [0, 0.1) is 35.5 Å². The molecule has 5 heteroatoms. The van der Waals surface area contributed by atoms with Crippen LogP contribution in [0.1, 0.15) is 22.3 Å². The summed E-state index contributed by atoms with van der Waals surface area (Å²) in [6.45, 7) is 0. The molecule has 1 heterocycles. The number of imide groups is 1. The van der Waals surface area contributed by atoms with Gasteiger partial charge in [0.15, 0.2) is 5.78 Å². The van der Waals surface area contributed by atoms with Gasteiger partial charge in [0, 0.05) is 16.1 Å². The Labute approximate surface area is 173 Å². The van der Waals surface area contributed by atoms with Gasteiger partial charge in [-0.2, -0.15) is 0 Å². The van der Waals surface area contributed by atoms with Crippen molar-refractivity contribution in [3.05, 3.63) is 76.8 Å². The van der Waals surface area contributed by atoms with Crippen LogP contribution in [0.2, 0.25) is 5.02 Å². The molecule has 2 saturated carbocycles. The van der Waals surface area contributed by atoms with Gasteiger partial charge in [-0.3, -0.25) is 14.4 Å². The second kappa shape index (κ2) is 5.90. The normalized spacial score (nSPS) is 33.6. The van der Waals surface area contributed by atoms with Crippen molar-refractivity contribution < 1.29 is 14.4 Å². The lowest BCUT2D eigenvalue weighted by atomic mass is 9.63. The second-order valence-corrected chi connectivity index (χ2v) is 8.96. The third-order valence-electron chi connectivity index (χ3n) is 7.14. The molecule has 2 amide bonds. The van der Waals surface area contributed by atoms with Crippen LogP contribution < -0.4 is 4.90 Å². The number of allylic oxidation sites excluding steroid dienone is 2. The molecular formula is C24H18ClNO3. The maximum absolute atomic E-state index is 13.4. The molecular weight excluding hydrogens is 386 g/mol. The van der Waals surface area contributed by atoms with Gasteiger partial charge in [0.05, 0.1) is 17.5 Å². The fourth-order valence-corrected chi connectivity index (χ4v) is 6.00. The number of carbonyl (C=O) groups excluding carboxylic acids is 3. The largest absolute Gasteiger partial charge is 0.289 e. The Hall–Kier alpha value is -2.72. The van der Waals surface area contributed by atoms with Gasteiger partial charge < -0.3 is 0 Å². The van der Waals surface area contributed by atoms with Crippen LogP contribution in [0.5, 0.6) is 0 Å². The number of nitrogens with zero attached hydrogens (tertiary/aromatic N) is 1. The Bertz CT molecular complexity index is 1070. The molecule has 5 aliphatic rings. The van der Waals surface area contributed by atoms with Crippen molar-refractivity contribution in [3.63, 3.8) is 0 Å². The number of anilines is 1. The van der Waals surface area contributed by atoms with E-state index in [2.05, 4.69) is 12.2 Å². The van der Waals surface area contributed by atoms with E-state index in [0.717, 1.165) is 6.42 Å². The lowest BCUT2D eigenvalue weighted by Gasteiger charge is -2.37. The van der Waals surface area contributed by atoms with Gasteiger partial charge in [-0.1, -0.05) is 54.1 Å². The molecule has 2 bridgehead atoms. The zero-order valence-corrected chi connectivity index (χ0v) is 16.3. The van der Waals surface area contributed by atoms with E-state index in [9.17, 15) is 14.4 Å². The van der Waals surface area contributed by atoms with Gasteiger partial charge in [-0.15, -0.1) is 0 Å². The van der Waals surface area contributed by atoms with Crippen molar-refractivity contribution in [1.29, 1.82) is 0 Å². The number of ketones is 1. The Balaban J connectivity index is 1.45. The summed E-state index contributed by atoms with van der Waals surface area (Å²) in [5.74, 6) is 0.199. The molecule has 1 saturated heterocycles. The predicted molar refractivity (Wildman–Crippen MR) is 109 cm³/mol. The average Bonchev–Trinajstić information content (AvgIpc) is 3.52. The topological polar surface area (TPSA) is 54.5 Å². The molecule has 29 heavy (non-hydrogen) atoms. The Morgan fingerprint density at radius 2 is 1.52 bits per heavy atom. The van der Waals surface area contributed by atoms with E-state index in [1.165, 1.54) is 4.90 Å². The molecule has 0 N–H and O–H groups in total. The van der Waals surface area contributed by atoms with Crippen LogP contribution in [0.3, 0.4) is 0 Å². The number of amides is 2. The molecule has 7 rings (SSSR count). The quantitative estimate of drug-likeness (QED) is 0.440. The summed E-state index contributed by atoms with van der Waals surface area (Å²) < 4.78 is 0. The number of hydrogen-bond acceptors (Lipinski definition) is 3. The third-order valence-corrected chi connectivity index (χ3v) is 7.38. The minimum Gasteiger partial charge on any atom is -0.289 e. The zero-order chi connectivity index (χ0) is 19.9. The van der Waals surface area contributed by atoms with Crippen LogP contribution in [-0.2, 0) is 9.59 Å². The van der Waals surface area contributed by atoms with E-state index in [1.54, 1.807) is 42.5 Å². The highest BCUT2D eigenvalue weighted by Gasteiger charge is 2.67. The van der Waals surface area contributed by atoms with Gasteiger partial charge in [-0.25, -0.2) is 4.90 Å². The molecule has 2 aromatic rings. The lowest BCUT2D eigenvalue weighted by Crippen LogP contribution is -2.40. The van der Waals surface area contributed by atoms with Crippen molar-refractivity contribution >= 4 is 34.9 Å². The molecule has 3 fully saturated rings. The molecule has 144 valence electrons. The molecule has 0 aromatic heterocycles. The first kappa shape index (κ1) is 17.2. The number of halogens is 1. The molecule has 0 radical (unpaired) electrons. The molecule has 4 nitrogen and oxygen atoms in total. The van der Waals surface area contributed by atoms with E-state index in [1.807, 2.05) is 6.07 Å². The molecule has 4 aliphatic carbocycles. The Kier molecular flexibility index (Phi) is 3.49. The average molecular weight is 404 g/mol. The number of hydrogen-bond donors (Lipinski definition) is 0. The van der Waals surface area contributed by atoms with Gasteiger partial charge >= 0.3 is 0 Å². The van der Waals surface area contributed by atoms with Gasteiger partial charge in [0.1, 0.15) is 0 Å². The van der Waals surface area contributed by atoms with Crippen molar-refractivity contribution in [2.45, 2.75) is 6.42 Å². The fraction of sp³-hybridized carbons (Fsp3) is 0.292. The summed E-state index contributed by atoms with van der Waals surface area (Å²) >= 11 is 6.18. The SMILES string of the molecule is O=C(c1ccccc1)c1cc(Cl)ccc1N1C(=O)[C@@H]2[C@@H]3C=C[C@H]([C@H]4C[C@@H]34)[C@@H]2C1=O. The van der Waals surface area contributed by atoms with E-state index in [0.29, 0.717) is 28.1 Å². The van der Waals surface area contributed by atoms with Crippen LogP contribution >= 0.6 is 11.6 Å². The summed E-state index contributed by atoms with van der Waals surface area (Å²) in [7, 11) is 0.